The van der Waals surface area contributed by atoms with Gasteiger partial charge in [-0.2, -0.15) is 0 Å². The van der Waals surface area contributed by atoms with Crippen molar-refractivity contribution in [3.05, 3.63) is 35.5 Å². The van der Waals surface area contributed by atoms with Gasteiger partial charge in [0.2, 0.25) is 0 Å². The van der Waals surface area contributed by atoms with Gasteiger partial charge in [0.1, 0.15) is 5.60 Å². The van der Waals surface area contributed by atoms with E-state index in [1.165, 1.54) is 22.2 Å². The Morgan fingerprint density at radius 1 is 1.26 bits per heavy atom. The Labute approximate surface area is 138 Å². The van der Waals surface area contributed by atoms with Crippen LogP contribution in [0.3, 0.4) is 0 Å². The third-order valence-corrected chi connectivity index (χ3v) is 4.27. The molecular weight excluding hydrogens is 288 g/mol. The lowest BCUT2D eigenvalue weighted by atomic mass is 10.0. The molecule has 2 heterocycles. The normalized spacial score (nSPS) is 14.9. The number of hydrogen-bond acceptors (Lipinski definition) is 2. The lowest BCUT2D eigenvalue weighted by molar-refractivity contribution is 0.0219. The first-order chi connectivity index (χ1) is 10.9. The summed E-state index contributed by atoms with van der Waals surface area (Å²) in [6, 6.07) is 8.56. The van der Waals surface area contributed by atoms with Crippen LogP contribution in [0.5, 0.6) is 0 Å². The predicted molar refractivity (Wildman–Crippen MR) is 92.6 cm³/mol. The third-order valence-electron chi connectivity index (χ3n) is 4.27. The monoisotopic (exact) mass is 314 g/mol. The molecule has 0 bridgehead atoms. The fraction of sp³-hybridized carbons (Fsp3) is 0.526. The first-order valence-corrected chi connectivity index (χ1v) is 8.47. The molecule has 4 nitrogen and oxygen atoms in total. The zero-order chi connectivity index (χ0) is 16.6. The van der Waals surface area contributed by atoms with E-state index in [2.05, 4.69) is 35.8 Å². The Hall–Kier alpha value is -1.97. The van der Waals surface area contributed by atoms with E-state index in [-0.39, 0.29) is 6.09 Å². The summed E-state index contributed by atoms with van der Waals surface area (Å²) in [7, 11) is 0. The number of benzene rings is 1. The van der Waals surface area contributed by atoms with Gasteiger partial charge in [-0.3, -0.25) is 0 Å². The molecule has 4 heteroatoms. The second kappa shape index (κ2) is 5.91. The number of amides is 1. The molecule has 0 unspecified atom stereocenters. The van der Waals surface area contributed by atoms with Crippen molar-refractivity contribution in [2.24, 2.45) is 0 Å². The highest BCUT2D eigenvalue weighted by molar-refractivity contribution is 5.86. The molecule has 124 valence electrons. The van der Waals surface area contributed by atoms with Crippen LogP contribution in [0.2, 0.25) is 0 Å². The summed E-state index contributed by atoms with van der Waals surface area (Å²) in [4.78, 5) is 14.2. The highest BCUT2D eigenvalue weighted by Gasteiger charge is 2.29. The van der Waals surface area contributed by atoms with Crippen LogP contribution in [-0.2, 0) is 24.2 Å². The van der Waals surface area contributed by atoms with Crippen LogP contribution in [0, 0.1) is 0 Å². The van der Waals surface area contributed by atoms with Crippen LogP contribution in [0.1, 0.15) is 45.4 Å². The number of fused-ring (bicyclic) bond motifs is 3. The number of aryl methyl sites for hydroxylation is 1. The van der Waals surface area contributed by atoms with Crippen LogP contribution in [0.15, 0.2) is 24.3 Å². The topological polar surface area (TPSA) is 34.5 Å². The summed E-state index contributed by atoms with van der Waals surface area (Å²) in [5.74, 6) is 0. The van der Waals surface area contributed by atoms with Gasteiger partial charge in [-0.05, 0) is 45.2 Å². The highest BCUT2D eigenvalue weighted by Crippen LogP contribution is 2.31. The molecular formula is C19H26N2O2. The van der Waals surface area contributed by atoms with Gasteiger partial charge < -0.3 is 14.2 Å². The fourth-order valence-electron chi connectivity index (χ4n) is 3.36. The largest absolute Gasteiger partial charge is 0.444 e. The van der Waals surface area contributed by atoms with E-state index in [1.807, 2.05) is 25.7 Å². The molecule has 0 aliphatic carbocycles. The molecule has 1 aromatic carbocycles. The molecule has 1 aliphatic heterocycles. The fourth-order valence-corrected chi connectivity index (χ4v) is 3.36. The summed E-state index contributed by atoms with van der Waals surface area (Å²) < 4.78 is 7.92. The van der Waals surface area contributed by atoms with Crippen LogP contribution < -0.4 is 0 Å². The van der Waals surface area contributed by atoms with Gasteiger partial charge in [0.05, 0.1) is 6.54 Å². The van der Waals surface area contributed by atoms with Crippen molar-refractivity contribution in [2.45, 2.75) is 59.2 Å². The molecule has 3 rings (SSSR count). The lowest BCUT2D eigenvalue weighted by Gasteiger charge is -2.31. The van der Waals surface area contributed by atoms with Crippen molar-refractivity contribution >= 4 is 17.0 Å². The number of carbonyl (C=O) groups excluding carboxylic acids is 1. The molecule has 0 saturated carbocycles. The van der Waals surface area contributed by atoms with Gasteiger partial charge in [0.15, 0.2) is 0 Å². The number of carbonyl (C=O) groups is 1. The van der Waals surface area contributed by atoms with Crippen molar-refractivity contribution < 1.29 is 9.53 Å². The molecule has 0 saturated heterocycles. The van der Waals surface area contributed by atoms with Gasteiger partial charge in [0, 0.05) is 29.7 Å². The summed E-state index contributed by atoms with van der Waals surface area (Å²) in [5.41, 5.74) is 3.50. The van der Waals surface area contributed by atoms with Crippen molar-refractivity contribution in [1.82, 2.24) is 9.47 Å². The SMILES string of the molecule is CCCn1c2c(c3ccccc31)CCN(C(=O)OC(C)(C)C)C2. The van der Waals surface area contributed by atoms with Crippen LogP contribution in [-0.4, -0.2) is 27.7 Å². The average Bonchev–Trinajstić information content (AvgIpc) is 2.80. The minimum atomic E-state index is -0.451. The molecule has 1 aliphatic rings. The third kappa shape index (κ3) is 3.07. The van der Waals surface area contributed by atoms with Crippen LogP contribution >= 0.6 is 0 Å². The Morgan fingerprint density at radius 3 is 2.70 bits per heavy atom. The van der Waals surface area contributed by atoms with Gasteiger partial charge >= 0.3 is 6.09 Å². The van der Waals surface area contributed by atoms with Crippen molar-refractivity contribution in [3.8, 4) is 0 Å². The number of para-hydroxylation sites is 1. The van der Waals surface area contributed by atoms with Crippen molar-refractivity contribution in [3.63, 3.8) is 0 Å². The van der Waals surface area contributed by atoms with Gasteiger partial charge in [-0.1, -0.05) is 25.1 Å². The summed E-state index contributed by atoms with van der Waals surface area (Å²) in [6.45, 7) is 10.3. The maximum absolute atomic E-state index is 12.4. The van der Waals surface area contributed by atoms with Crippen molar-refractivity contribution in [1.29, 1.82) is 0 Å². The standard InChI is InChI=1S/C19H26N2O2/c1-5-11-21-16-9-7-6-8-14(16)15-10-12-20(13-17(15)21)18(22)23-19(2,3)4/h6-9H,5,10-13H2,1-4H3. The van der Waals surface area contributed by atoms with E-state index in [1.54, 1.807) is 0 Å². The number of nitrogens with zero attached hydrogens (tertiary/aromatic N) is 2. The first-order valence-electron chi connectivity index (χ1n) is 8.47. The lowest BCUT2D eigenvalue weighted by Crippen LogP contribution is -2.40. The molecule has 1 aromatic heterocycles. The maximum atomic E-state index is 12.4. The zero-order valence-corrected chi connectivity index (χ0v) is 14.6. The molecule has 2 aromatic rings. The van der Waals surface area contributed by atoms with E-state index >= 15 is 0 Å². The highest BCUT2D eigenvalue weighted by atomic mass is 16.6. The van der Waals surface area contributed by atoms with Gasteiger partial charge in [-0.15, -0.1) is 0 Å². The summed E-state index contributed by atoms with van der Waals surface area (Å²) in [5, 5.41) is 1.33. The Morgan fingerprint density at radius 2 is 2.00 bits per heavy atom. The van der Waals surface area contributed by atoms with E-state index in [4.69, 9.17) is 4.74 Å². The van der Waals surface area contributed by atoms with E-state index in [9.17, 15) is 4.79 Å². The van der Waals surface area contributed by atoms with Gasteiger partial charge in [-0.25, -0.2) is 4.79 Å². The summed E-state index contributed by atoms with van der Waals surface area (Å²) >= 11 is 0. The molecule has 0 spiro atoms. The Bertz CT molecular complexity index is 725. The smallest absolute Gasteiger partial charge is 0.410 e. The molecule has 0 atom stereocenters. The molecule has 1 amide bonds. The Kier molecular flexibility index (Phi) is 4.09. The summed E-state index contributed by atoms with van der Waals surface area (Å²) in [6.07, 6.45) is 1.76. The molecule has 0 fully saturated rings. The quantitative estimate of drug-likeness (QED) is 0.826. The minimum absolute atomic E-state index is 0.212. The number of aromatic nitrogens is 1. The van der Waals surface area contributed by atoms with Crippen LogP contribution in [0.25, 0.3) is 10.9 Å². The molecule has 0 N–H and O–H groups in total. The average molecular weight is 314 g/mol. The first kappa shape index (κ1) is 15.9. The predicted octanol–water partition coefficient (Wildman–Crippen LogP) is 4.34. The minimum Gasteiger partial charge on any atom is -0.444 e. The van der Waals surface area contributed by atoms with Gasteiger partial charge in [0.25, 0.3) is 0 Å². The van der Waals surface area contributed by atoms with E-state index in [0.29, 0.717) is 6.54 Å². The second-order valence-corrected chi connectivity index (χ2v) is 7.25. The van der Waals surface area contributed by atoms with E-state index < -0.39 is 5.60 Å². The Balaban J connectivity index is 1.95. The number of hydrogen-bond donors (Lipinski definition) is 0. The van der Waals surface area contributed by atoms with Crippen molar-refractivity contribution in [2.75, 3.05) is 6.54 Å². The van der Waals surface area contributed by atoms with E-state index in [0.717, 1.165) is 25.9 Å². The second-order valence-electron chi connectivity index (χ2n) is 7.25. The number of ether oxygens (including phenoxy) is 1. The maximum Gasteiger partial charge on any atom is 0.410 e. The molecule has 0 radical (unpaired) electrons. The zero-order valence-electron chi connectivity index (χ0n) is 14.6. The van der Waals surface area contributed by atoms with Crippen LogP contribution in [0.4, 0.5) is 4.79 Å². The molecule has 23 heavy (non-hydrogen) atoms. The number of rotatable bonds is 2.